The van der Waals surface area contributed by atoms with E-state index in [1.54, 1.807) is 6.07 Å². The van der Waals surface area contributed by atoms with E-state index in [9.17, 15) is 4.39 Å². The summed E-state index contributed by atoms with van der Waals surface area (Å²) in [6.07, 6.45) is 0.756. The third-order valence-electron chi connectivity index (χ3n) is 0.648. The Hall–Kier alpha value is -0.432. The van der Waals surface area contributed by atoms with Crippen molar-refractivity contribution < 1.29 is 4.39 Å². The summed E-state index contributed by atoms with van der Waals surface area (Å²) in [7, 11) is 0. The zero-order valence-corrected chi connectivity index (χ0v) is 6.43. The Bertz CT molecular complexity index is 174. The van der Waals surface area contributed by atoms with Crippen molar-refractivity contribution in [3.05, 3.63) is 18.3 Å². The van der Waals surface area contributed by atoms with E-state index >= 15 is 0 Å². The number of aromatic nitrogens is 2. The minimum absolute atomic E-state index is 0.646. The predicted molar refractivity (Wildman–Crippen MR) is 30.2 cm³/mol. The fourth-order valence-electron chi connectivity index (χ4n) is 0.348. The molecule has 0 aromatic carbocycles. The van der Waals surface area contributed by atoms with E-state index in [1.165, 1.54) is 23.0 Å². The molecule has 42 valence electrons. The summed E-state index contributed by atoms with van der Waals surface area (Å²) >= 11 is 1.29. The van der Waals surface area contributed by atoms with Crippen LogP contribution in [0.4, 0.5) is 4.39 Å². The SMILES string of the molecule is Fc1nccc([AsH2])n1. The van der Waals surface area contributed by atoms with Gasteiger partial charge in [-0.05, 0) is 0 Å². The summed E-state index contributed by atoms with van der Waals surface area (Å²) in [5, 5.41) is 0. The minimum atomic E-state index is -0.646. The van der Waals surface area contributed by atoms with Crippen molar-refractivity contribution >= 4 is 21.3 Å². The molecule has 1 aromatic heterocycles. The molecule has 1 atom stereocenters. The van der Waals surface area contributed by atoms with Crippen molar-refractivity contribution in [2.75, 3.05) is 0 Å². The van der Waals surface area contributed by atoms with E-state index < -0.39 is 6.08 Å². The molecule has 0 amide bonds. The van der Waals surface area contributed by atoms with Crippen LogP contribution in [0.25, 0.3) is 0 Å². The summed E-state index contributed by atoms with van der Waals surface area (Å²) in [6, 6.07) is 1.67. The Balaban J connectivity index is 3.08. The third-order valence-corrected chi connectivity index (χ3v) is 1.32. The van der Waals surface area contributed by atoms with Gasteiger partial charge in [-0.1, -0.05) is 0 Å². The molecular weight excluding hydrogens is 170 g/mol. The van der Waals surface area contributed by atoms with Crippen LogP contribution >= 0.6 is 0 Å². The molecular formula is C4H4AsFN2. The zero-order chi connectivity index (χ0) is 5.98. The van der Waals surface area contributed by atoms with Crippen molar-refractivity contribution in [3.63, 3.8) is 0 Å². The fraction of sp³-hybridized carbons (Fsp3) is 0. The van der Waals surface area contributed by atoms with Gasteiger partial charge in [0.05, 0.1) is 0 Å². The van der Waals surface area contributed by atoms with Crippen molar-refractivity contribution in [2.24, 2.45) is 0 Å². The monoisotopic (exact) mass is 174 g/mol. The normalized spacial score (nSPS) is 9.25. The molecule has 1 heterocycles. The van der Waals surface area contributed by atoms with Gasteiger partial charge in [-0.15, -0.1) is 0 Å². The molecule has 4 heteroatoms. The second-order valence-corrected chi connectivity index (χ2v) is 2.49. The van der Waals surface area contributed by atoms with Crippen LogP contribution in [0.2, 0.25) is 0 Å². The summed E-state index contributed by atoms with van der Waals surface area (Å²) in [6.45, 7) is 0. The van der Waals surface area contributed by atoms with E-state index in [4.69, 9.17) is 0 Å². The zero-order valence-electron chi connectivity index (χ0n) is 4.00. The Kier molecular flexibility index (Phi) is 1.59. The molecule has 0 radical (unpaired) electrons. The molecule has 1 rings (SSSR count). The van der Waals surface area contributed by atoms with E-state index in [-0.39, 0.29) is 0 Å². The summed E-state index contributed by atoms with van der Waals surface area (Å²) in [4.78, 5) is 6.70. The molecule has 0 spiro atoms. The fourth-order valence-corrected chi connectivity index (χ4v) is 0.752. The predicted octanol–water partition coefficient (Wildman–Crippen LogP) is -1.13. The van der Waals surface area contributed by atoms with Crippen LogP contribution in [0.15, 0.2) is 12.3 Å². The molecule has 0 aliphatic heterocycles. The molecule has 0 aliphatic rings. The molecule has 0 N–H and O–H groups in total. The molecule has 0 fully saturated rings. The molecule has 0 aliphatic carbocycles. The second kappa shape index (κ2) is 2.22. The van der Waals surface area contributed by atoms with Crippen LogP contribution in [0.5, 0.6) is 0 Å². The molecule has 0 saturated carbocycles. The van der Waals surface area contributed by atoms with Gasteiger partial charge in [0.15, 0.2) is 0 Å². The van der Waals surface area contributed by atoms with Crippen LogP contribution in [0.1, 0.15) is 0 Å². The molecule has 2 nitrogen and oxygen atoms in total. The quantitative estimate of drug-likeness (QED) is 0.367. The van der Waals surface area contributed by atoms with Gasteiger partial charge in [0.2, 0.25) is 0 Å². The van der Waals surface area contributed by atoms with Gasteiger partial charge in [-0.2, -0.15) is 0 Å². The number of hydrogen-bond donors (Lipinski definition) is 0. The van der Waals surface area contributed by atoms with E-state index in [0.29, 0.717) is 4.48 Å². The van der Waals surface area contributed by atoms with Gasteiger partial charge in [0.1, 0.15) is 0 Å². The average Bonchev–Trinajstić information content (AvgIpc) is 1.64. The first-order valence-corrected chi connectivity index (χ1v) is 3.24. The van der Waals surface area contributed by atoms with Gasteiger partial charge in [-0.25, -0.2) is 0 Å². The first-order chi connectivity index (χ1) is 3.79. The van der Waals surface area contributed by atoms with Gasteiger partial charge in [0.25, 0.3) is 0 Å². The van der Waals surface area contributed by atoms with Crippen LogP contribution in [-0.2, 0) is 0 Å². The van der Waals surface area contributed by atoms with Gasteiger partial charge in [0, 0.05) is 0 Å². The standard InChI is InChI=1S/C4H4AsFN2/c5-3-1-2-7-4(6)8-3/h1-2H,5H2. The Morgan fingerprint density at radius 3 is 2.75 bits per heavy atom. The maximum atomic E-state index is 12.0. The van der Waals surface area contributed by atoms with Crippen molar-refractivity contribution in [1.82, 2.24) is 9.97 Å². The van der Waals surface area contributed by atoms with Crippen molar-refractivity contribution in [2.45, 2.75) is 0 Å². The molecule has 1 aromatic rings. The molecule has 1 unspecified atom stereocenters. The van der Waals surface area contributed by atoms with E-state index in [2.05, 4.69) is 9.97 Å². The van der Waals surface area contributed by atoms with Crippen molar-refractivity contribution in [3.8, 4) is 0 Å². The van der Waals surface area contributed by atoms with Gasteiger partial charge >= 0.3 is 54.0 Å². The summed E-state index contributed by atoms with van der Waals surface area (Å²) in [5.74, 6) is 0. The van der Waals surface area contributed by atoms with Crippen LogP contribution < -0.4 is 4.48 Å². The van der Waals surface area contributed by atoms with E-state index in [1.807, 2.05) is 0 Å². The molecule has 0 bridgehead atoms. The number of rotatable bonds is 0. The van der Waals surface area contributed by atoms with Crippen LogP contribution in [0, 0.1) is 6.08 Å². The maximum absolute atomic E-state index is 12.0. The number of halogens is 1. The third kappa shape index (κ3) is 1.27. The van der Waals surface area contributed by atoms with Gasteiger partial charge in [-0.3, -0.25) is 0 Å². The van der Waals surface area contributed by atoms with Crippen LogP contribution in [0.3, 0.4) is 0 Å². The average molecular weight is 174 g/mol. The Labute approximate surface area is 54.7 Å². The van der Waals surface area contributed by atoms with Crippen LogP contribution in [-0.4, -0.2) is 26.8 Å². The number of hydrogen-bond acceptors (Lipinski definition) is 2. The number of nitrogens with zero attached hydrogens (tertiary/aromatic N) is 2. The van der Waals surface area contributed by atoms with Crippen molar-refractivity contribution in [1.29, 1.82) is 0 Å². The van der Waals surface area contributed by atoms with Gasteiger partial charge < -0.3 is 0 Å². The molecule has 8 heavy (non-hydrogen) atoms. The topological polar surface area (TPSA) is 25.8 Å². The first kappa shape index (κ1) is 5.70. The Morgan fingerprint density at radius 2 is 2.38 bits per heavy atom. The summed E-state index contributed by atoms with van der Waals surface area (Å²) < 4.78 is 12.7. The Morgan fingerprint density at radius 1 is 1.62 bits per heavy atom. The second-order valence-electron chi connectivity index (χ2n) is 1.25. The molecule has 0 saturated heterocycles. The van der Waals surface area contributed by atoms with E-state index in [0.717, 1.165) is 0 Å². The summed E-state index contributed by atoms with van der Waals surface area (Å²) in [5.41, 5.74) is 0. The first-order valence-electron chi connectivity index (χ1n) is 2.03.